The number of hydrogen-bond acceptors (Lipinski definition) is 4. The maximum absolute atomic E-state index is 12.1. The zero-order valence-electron chi connectivity index (χ0n) is 13.0. The Morgan fingerprint density at radius 3 is 3.04 bits per heavy atom. The number of carbonyl (C=O) groups is 1. The van der Waals surface area contributed by atoms with Crippen molar-refractivity contribution in [3.63, 3.8) is 0 Å². The fourth-order valence-corrected chi connectivity index (χ4v) is 3.03. The summed E-state index contributed by atoms with van der Waals surface area (Å²) >= 11 is 0. The molecule has 122 valence electrons. The van der Waals surface area contributed by atoms with Gasteiger partial charge in [-0.25, -0.2) is 4.98 Å². The number of carbonyl (C=O) groups excluding carboxylic acids is 1. The van der Waals surface area contributed by atoms with E-state index >= 15 is 0 Å². The Labute approximate surface area is 134 Å². The highest BCUT2D eigenvalue weighted by Gasteiger charge is 2.33. The quantitative estimate of drug-likeness (QED) is 0.821. The number of nitrogens with one attached hydrogen (secondary N) is 1. The Kier molecular flexibility index (Phi) is 4.57. The molecule has 2 aromatic heterocycles. The van der Waals surface area contributed by atoms with Gasteiger partial charge in [0.05, 0.1) is 30.7 Å². The van der Waals surface area contributed by atoms with Crippen LogP contribution in [0.4, 0.5) is 0 Å². The van der Waals surface area contributed by atoms with Gasteiger partial charge < -0.3 is 15.0 Å². The first-order valence-corrected chi connectivity index (χ1v) is 7.76. The first-order valence-electron chi connectivity index (χ1n) is 7.76. The molecule has 2 heterocycles. The zero-order valence-corrected chi connectivity index (χ0v) is 13.0. The molecular weight excluding hydrogens is 294 g/mol. The van der Waals surface area contributed by atoms with Crippen molar-refractivity contribution in [3.8, 4) is 0 Å². The van der Waals surface area contributed by atoms with Gasteiger partial charge >= 0.3 is 0 Å². The van der Waals surface area contributed by atoms with Crippen LogP contribution in [0.15, 0.2) is 37.2 Å². The summed E-state index contributed by atoms with van der Waals surface area (Å²) in [6, 6.07) is -0.291. The Morgan fingerprint density at radius 2 is 2.35 bits per heavy atom. The van der Waals surface area contributed by atoms with Gasteiger partial charge in [-0.05, 0) is 25.3 Å². The second kappa shape index (κ2) is 6.78. The van der Waals surface area contributed by atoms with E-state index in [1.165, 1.54) is 6.08 Å². The molecule has 0 saturated heterocycles. The van der Waals surface area contributed by atoms with Crippen LogP contribution >= 0.6 is 0 Å². The van der Waals surface area contributed by atoms with Gasteiger partial charge in [-0.3, -0.25) is 9.48 Å². The molecule has 0 aliphatic heterocycles. The Hall–Kier alpha value is -2.41. The topological polar surface area (TPSA) is 85.0 Å². The minimum Gasteiger partial charge on any atom is -0.389 e. The molecule has 1 aliphatic carbocycles. The van der Waals surface area contributed by atoms with Crippen LogP contribution in [-0.2, 0) is 11.8 Å². The second-order valence-corrected chi connectivity index (χ2v) is 5.89. The minimum absolute atomic E-state index is 0.0427. The van der Waals surface area contributed by atoms with E-state index in [4.69, 9.17) is 0 Å². The van der Waals surface area contributed by atoms with Crippen molar-refractivity contribution in [1.82, 2.24) is 24.6 Å². The highest BCUT2D eigenvalue weighted by molar-refractivity contribution is 5.91. The third-order valence-corrected chi connectivity index (χ3v) is 4.21. The van der Waals surface area contributed by atoms with E-state index in [9.17, 15) is 9.90 Å². The number of aryl methyl sites for hydroxylation is 1. The predicted molar refractivity (Wildman–Crippen MR) is 85.3 cm³/mol. The summed E-state index contributed by atoms with van der Waals surface area (Å²) < 4.78 is 3.59. The highest BCUT2D eigenvalue weighted by Crippen LogP contribution is 2.28. The minimum atomic E-state index is -0.617. The number of aromatic nitrogens is 4. The van der Waals surface area contributed by atoms with Gasteiger partial charge in [-0.1, -0.05) is 0 Å². The smallest absolute Gasteiger partial charge is 0.244 e. The number of hydrogen-bond donors (Lipinski definition) is 2. The van der Waals surface area contributed by atoms with Gasteiger partial charge in [-0.15, -0.1) is 0 Å². The highest BCUT2D eigenvalue weighted by atomic mass is 16.3. The van der Waals surface area contributed by atoms with Crippen LogP contribution in [0.2, 0.25) is 0 Å². The van der Waals surface area contributed by atoms with E-state index in [0.717, 1.165) is 24.8 Å². The molecule has 0 bridgehead atoms. The second-order valence-electron chi connectivity index (χ2n) is 5.89. The van der Waals surface area contributed by atoms with Crippen molar-refractivity contribution in [1.29, 1.82) is 0 Å². The number of amides is 1. The molecule has 0 radical (unpaired) electrons. The van der Waals surface area contributed by atoms with Crippen LogP contribution in [0, 0.1) is 0 Å². The largest absolute Gasteiger partial charge is 0.389 e. The number of rotatable bonds is 4. The van der Waals surface area contributed by atoms with Crippen LogP contribution in [0.5, 0.6) is 0 Å². The standard InChI is InChI=1S/C16H21N5O2/c1-20-10-12(9-18-20)5-6-15(22)19-13-3-2-4-14(16(13)23)21-8-7-17-11-21/h5-11,13-14,16,23H,2-4H2,1H3,(H,19,22)/b6-5+/t13-,14-,16-/m1/s1. The Balaban J connectivity index is 1.60. The molecule has 1 saturated carbocycles. The summed E-state index contributed by atoms with van der Waals surface area (Å²) in [5.74, 6) is -0.204. The van der Waals surface area contributed by atoms with E-state index in [2.05, 4.69) is 15.4 Å². The summed E-state index contributed by atoms with van der Waals surface area (Å²) in [6.07, 6.45) is 14.0. The number of aliphatic hydroxyl groups excluding tert-OH is 1. The van der Waals surface area contributed by atoms with Crippen molar-refractivity contribution in [2.24, 2.45) is 7.05 Å². The first kappa shape index (κ1) is 15.5. The lowest BCUT2D eigenvalue weighted by Gasteiger charge is -2.35. The summed E-state index contributed by atoms with van der Waals surface area (Å²) in [7, 11) is 1.83. The molecular formula is C16H21N5O2. The fourth-order valence-electron chi connectivity index (χ4n) is 3.03. The third-order valence-electron chi connectivity index (χ3n) is 4.21. The average molecular weight is 315 g/mol. The lowest BCUT2D eigenvalue weighted by Crippen LogP contribution is -2.48. The maximum Gasteiger partial charge on any atom is 0.244 e. The lowest BCUT2D eigenvalue weighted by molar-refractivity contribution is -0.118. The molecule has 1 aliphatic rings. The van der Waals surface area contributed by atoms with Crippen LogP contribution in [0.25, 0.3) is 6.08 Å². The number of imidazole rings is 1. The van der Waals surface area contributed by atoms with Crippen molar-refractivity contribution in [2.45, 2.75) is 37.5 Å². The first-order chi connectivity index (χ1) is 11.1. The molecule has 0 unspecified atom stereocenters. The van der Waals surface area contributed by atoms with E-state index in [1.54, 1.807) is 29.5 Å². The number of aliphatic hydroxyl groups is 1. The molecule has 3 atom stereocenters. The molecule has 7 heteroatoms. The molecule has 1 amide bonds. The van der Waals surface area contributed by atoms with Gasteiger partial charge in [0.2, 0.25) is 5.91 Å². The molecule has 0 aromatic carbocycles. The molecule has 2 N–H and O–H groups in total. The summed E-state index contributed by atoms with van der Waals surface area (Å²) in [4.78, 5) is 16.1. The molecule has 2 aromatic rings. The van der Waals surface area contributed by atoms with Crippen LogP contribution in [0.3, 0.4) is 0 Å². The monoisotopic (exact) mass is 315 g/mol. The van der Waals surface area contributed by atoms with Gasteiger partial charge in [0.1, 0.15) is 0 Å². The molecule has 1 fully saturated rings. The van der Waals surface area contributed by atoms with Crippen molar-refractivity contribution in [2.75, 3.05) is 0 Å². The predicted octanol–water partition coefficient (Wildman–Crippen LogP) is 0.901. The summed E-state index contributed by atoms with van der Waals surface area (Å²) in [5, 5.41) is 17.5. The Bertz CT molecular complexity index is 676. The van der Waals surface area contributed by atoms with Gasteiger partial charge in [0.25, 0.3) is 0 Å². The normalized spacial score (nSPS) is 24.9. The van der Waals surface area contributed by atoms with E-state index in [0.29, 0.717) is 0 Å². The fraction of sp³-hybridized carbons (Fsp3) is 0.438. The van der Waals surface area contributed by atoms with Gasteiger partial charge in [0.15, 0.2) is 0 Å². The Morgan fingerprint density at radius 1 is 1.48 bits per heavy atom. The molecule has 0 spiro atoms. The molecule has 3 rings (SSSR count). The number of nitrogens with zero attached hydrogens (tertiary/aromatic N) is 4. The summed E-state index contributed by atoms with van der Waals surface area (Å²) in [6.45, 7) is 0. The van der Waals surface area contributed by atoms with Crippen molar-refractivity contribution >= 4 is 12.0 Å². The van der Waals surface area contributed by atoms with E-state index in [1.807, 2.05) is 24.0 Å². The molecule has 7 nitrogen and oxygen atoms in total. The van der Waals surface area contributed by atoms with Crippen LogP contribution in [0.1, 0.15) is 30.9 Å². The van der Waals surface area contributed by atoms with Gasteiger partial charge in [0, 0.05) is 37.3 Å². The maximum atomic E-state index is 12.1. The van der Waals surface area contributed by atoms with E-state index < -0.39 is 6.10 Å². The van der Waals surface area contributed by atoms with Crippen LogP contribution in [-0.4, -0.2) is 42.5 Å². The SMILES string of the molecule is Cn1cc(/C=C/C(=O)N[C@@H]2CCC[C@@H](n3ccnc3)[C@@H]2O)cn1. The van der Waals surface area contributed by atoms with Crippen LogP contribution < -0.4 is 5.32 Å². The average Bonchev–Trinajstić information content (AvgIpc) is 3.19. The zero-order chi connectivity index (χ0) is 16.2. The van der Waals surface area contributed by atoms with E-state index in [-0.39, 0.29) is 18.0 Å². The molecule has 23 heavy (non-hydrogen) atoms. The summed E-state index contributed by atoms with van der Waals surface area (Å²) in [5.41, 5.74) is 0.864. The van der Waals surface area contributed by atoms with Crippen molar-refractivity contribution in [3.05, 3.63) is 42.8 Å². The third kappa shape index (κ3) is 3.68. The van der Waals surface area contributed by atoms with Crippen molar-refractivity contribution < 1.29 is 9.90 Å². The lowest BCUT2D eigenvalue weighted by atomic mass is 9.88. The van der Waals surface area contributed by atoms with Gasteiger partial charge in [-0.2, -0.15) is 5.10 Å².